The standard InChI is InChI=1S/C23H26N4O3S/c1-3-30-20-10-8-19(9-11-20)27-22(18-6-4-17(2)5-7-18)24-25-23(27)31-16-21(28)26-12-14-29-15-13-26/h4-11H,3,12-16H2,1-2H3. The lowest BCUT2D eigenvalue weighted by molar-refractivity contribution is -0.132. The van der Waals surface area contributed by atoms with Crippen LogP contribution >= 0.6 is 11.8 Å². The summed E-state index contributed by atoms with van der Waals surface area (Å²) in [4.78, 5) is 14.5. The highest BCUT2D eigenvalue weighted by atomic mass is 32.2. The molecule has 0 N–H and O–H groups in total. The third-order valence-electron chi connectivity index (χ3n) is 5.04. The van der Waals surface area contributed by atoms with Crippen LogP contribution in [0.15, 0.2) is 53.7 Å². The van der Waals surface area contributed by atoms with E-state index in [4.69, 9.17) is 9.47 Å². The number of hydrogen-bond donors (Lipinski definition) is 0. The molecule has 3 aromatic rings. The molecular formula is C23H26N4O3S. The highest BCUT2D eigenvalue weighted by Crippen LogP contribution is 2.29. The molecule has 8 heteroatoms. The van der Waals surface area contributed by atoms with Crippen molar-refractivity contribution in [2.75, 3.05) is 38.7 Å². The van der Waals surface area contributed by atoms with E-state index in [0.29, 0.717) is 43.8 Å². The van der Waals surface area contributed by atoms with Gasteiger partial charge in [-0.15, -0.1) is 10.2 Å². The second kappa shape index (κ2) is 9.98. The summed E-state index contributed by atoms with van der Waals surface area (Å²) in [7, 11) is 0. The molecule has 1 aliphatic heterocycles. The van der Waals surface area contributed by atoms with Gasteiger partial charge in [0.2, 0.25) is 5.91 Å². The number of aryl methyl sites for hydroxylation is 1. The van der Waals surface area contributed by atoms with Crippen molar-refractivity contribution in [1.82, 2.24) is 19.7 Å². The number of rotatable bonds is 7. The average molecular weight is 439 g/mol. The van der Waals surface area contributed by atoms with Gasteiger partial charge in [0.15, 0.2) is 11.0 Å². The molecular weight excluding hydrogens is 412 g/mol. The van der Waals surface area contributed by atoms with Crippen LogP contribution in [0.3, 0.4) is 0 Å². The zero-order valence-corrected chi connectivity index (χ0v) is 18.6. The average Bonchev–Trinajstić information content (AvgIpc) is 3.23. The van der Waals surface area contributed by atoms with E-state index in [1.165, 1.54) is 17.3 Å². The third-order valence-corrected chi connectivity index (χ3v) is 5.95. The Balaban J connectivity index is 1.62. The molecule has 0 saturated carbocycles. The lowest BCUT2D eigenvalue weighted by Crippen LogP contribution is -2.41. The normalized spacial score (nSPS) is 13.9. The number of carbonyl (C=O) groups excluding carboxylic acids is 1. The molecule has 1 aliphatic rings. The van der Waals surface area contributed by atoms with Crippen LogP contribution in [-0.2, 0) is 9.53 Å². The molecule has 0 spiro atoms. The minimum Gasteiger partial charge on any atom is -0.494 e. The predicted molar refractivity (Wildman–Crippen MR) is 121 cm³/mol. The summed E-state index contributed by atoms with van der Waals surface area (Å²) >= 11 is 1.40. The first-order valence-corrected chi connectivity index (χ1v) is 11.4. The second-order valence-electron chi connectivity index (χ2n) is 7.22. The maximum atomic E-state index is 12.6. The Morgan fingerprint density at radius 3 is 2.45 bits per heavy atom. The quantitative estimate of drug-likeness (QED) is 0.525. The minimum absolute atomic E-state index is 0.0893. The number of thioether (sulfide) groups is 1. The van der Waals surface area contributed by atoms with Crippen molar-refractivity contribution in [3.8, 4) is 22.8 Å². The summed E-state index contributed by atoms with van der Waals surface area (Å²) < 4.78 is 12.9. The Morgan fingerprint density at radius 2 is 1.77 bits per heavy atom. The van der Waals surface area contributed by atoms with Gasteiger partial charge < -0.3 is 14.4 Å². The zero-order chi connectivity index (χ0) is 21.6. The number of amides is 1. The van der Waals surface area contributed by atoms with Crippen molar-refractivity contribution in [2.45, 2.75) is 19.0 Å². The van der Waals surface area contributed by atoms with Gasteiger partial charge in [-0.2, -0.15) is 0 Å². The Labute approximate surface area is 186 Å². The number of nitrogens with zero attached hydrogens (tertiary/aromatic N) is 4. The fourth-order valence-corrected chi connectivity index (χ4v) is 4.23. The molecule has 31 heavy (non-hydrogen) atoms. The van der Waals surface area contributed by atoms with Crippen molar-refractivity contribution in [2.24, 2.45) is 0 Å². The number of hydrogen-bond acceptors (Lipinski definition) is 6. The van der Waals surface area contributed by atoms with E-state index in [2.05, 4.69) is 29.3 Å². The van der Waals surface area contributed by atoms with E-state index in [1.807, 2.05) is 52.8 Å². The van der Waals surface area contributed by atoms with Crippen LogP contribution in [0, 0.1) is 6.92 Å². The maximum absolute atomic E-state index is 12.6. The van der Waals surface area contributed by atoms with E-state index in [0.717, 1.165) is 22.8 Å². The second-order valence-corrected chi connectivity index (χ2v) is 8.16. The third kappa shape index (κ3) is 5.08. The molecule has 0 atom stereocenters. The summed E-state index contributed by atoms with van der Waals surface area (Å²) in [6, 6.07) is 16.0. The SMILES string of the molecule is CCOc1ccc(-n2c(SCC(=O)N3CCOCC3)nnc2-c2ccc(C)cc2)cc1. The van der Waals surface area contributed by atoms with Crippen molar-refractivity contribution in [3.05, 3.63) is 54.1 Å². The Kier molecular flexibility index (Phi) is 6.89. The van der Waals surface area contributed by atoms with Crippen molar-refractivity contribution in [1.29, 1.82) is 0 Å². The van der Waals surface area contributed by atoms with Gasteiger partial charge in [-0.25, -0.2) is 0 Å². The molecule has 1 saturated heterocycles. The highest BCUT2D eigenvalue weighted by Gasteiger charge is 2.21. The first-order valence-electron chi connectivity index (χ1n) is 10.4. The monoisotopic (exact) mass is 438 g/mol. The molecule has 0 bridgehead atoms. The van der Waals surface area contributed by atoms with Gasteiger partial charge in [-0.05, 0) is 38.1 Å². The van der Waals surface area contributed by atoms with Gasteiger partial charge >= 0.3 is 0 Å². The van der Waals surface area contributed by atoms with Crippen LogP contribution in [0.5, 0.6) is 5.75 Å². The van der Waals surface area contributed by atoms with E-state index in [9.17, 15) is 4.79 Å². The van der Waals surface area contributed by atoms with Crippen LogP contribution in [0.1, 0.15) is 12.5 Å². The van der Waals surface area contributed by atoms with Crippen LogP contribution in [-0.4, -0.2) is 64.2 Å². The first kappa shape index (κ1) is 21.4. The number of carbonyl (C=O) groups is 1. The minimum atomic E-state index is 0.0893. The molecule has 2 heterocycles. The van der Waals surface area contributed by atoms with Gasteiger partial charge in [-0.3, -0.25) is 9.36 Å². The Bertz CT molecular complexity index is 1010. The molecule has 0 radical (unpaired) electrons. The maximum Gasteiger partial charge on any atom is 0.233 e. The first-order chi connectivity index (χ1) is 15.2. The summed E-state index contributed by atoms with van der Waals surface area (Å²) in [5.74, 6) is 1.95. The van der Waals surface area contributed by atoms with E-state index < -0.39 is 0 Å². The van der Waals surface area contributed by atoms with Crippen LogP contribution in [0.4, 0.5) is 0 Å². The van der Waals surface area contributed by atoms with Gasteiger partial charge in [0.25, 0.3) is 0 Å². The zero-order valence-electron chi connectivity index (χ0n) is 17.8. The van der Waals surface area contributed by atoms with E-state index >= 15 is 0 Å². The summed E-state index contributed by atoms with van der Waals surface area (Å²) in [5, 5.41) is 9.56. The molecule has 1 fully saturated rings. The Hall–Kier alpha value is -2.84. The fraction of sp³-hybridized carbons (Fsp3) is 0.348. The molecule has 162 valence electrons. The van der Waals surface area contributed by atoms with Crippen molar-refractivity contribution < 1.29 is 14.3 Å². The highest BCUT2D eigenvalue weighted by molar-refractivity contribution is 7.99. The topological polar surface area (TPSA) is 69.5 Å². The molecule has 0 unspecified atom stereocenters. The molecule has 2 aromatic carbocycles. The largest absolute Gasteiger partial charge is 0.494 e. The molecule has 4 rings (SSSR count). The number of aromatic nitrogens is 3. The number of benzene rings is 2. The van der Waals surface area contributed by atoms with Crippen LogP contribution < -0.4 is 4.74 Å². The number of ether oxygens (including phenoxy) is 2. The van der Waals surface area contributed by atoms with E-state index in [-0.39, 0.29) is 5.91 Å². The molecule has 1 amide bonds. The van der Waals surface area contributed by atoms with E-state index in [1.54, 1.807) is 0 Å². The predicted octanol–water partition coefficient (Wildman–Crippen LogP) is 3.59. The van der Waals surface area contributed by atoms with Crippen molar-refractivity contribution >= 4 is 17.7 Å². The van der Waals surface area contributed by atoms with Crippen molar-refractivity contribution in [3.63, 3.8) is 0 Å². The summed E-state index contributed by atoms with van der Waals surface area (Å²) in [5.41, 5.74) is 3.07. The number of morpholine rings is 1. The summed E-state index contributed by atoms with van der Waals surface area (Å²) in [6.07, 6.45) is 0. The van der Waals surface area contributed by atoms with Gasteiger partial charge in [0.1, 0.15) is 5.75 Å². The van der Waals surface area contributed by atoms with Gasteiger partial charge in [-0.1, -0.05) is 41.6 Å². The fourth-order valence-electron chi connectivity index (χ4n) is 3.37. The van der Waals surface area contributed by atoms with Gasteiger partial charge in [0.05, 0.1) is 25.6 Å². The Morgan fingerprint density at radius 1 is 1.06 bits per heavy atom. The van der Waals surface area contributed by atoms with Gasteiger partial charge in [0, 0.05) is 24.3 Å². The molecule has 0 aliphatic carbocycles. The molecule has 1 aromatic heterocycles. The smallest absolute Gasteiger partial charge is 0.233 e. The lowest BCUT2D eigenvalue weighted by atomic mass is 10.1. The molecule has 7 nitrogen and oxygen atoms in total. The van der Waals surface area contributed by atoms with Crippen LogP contribution in [0.2, 0.25) is 0 Å². The summed E-state index contributed by atoms with van der Waals surface area (Å²) in [6.45, 7) is 7.10. The van der Waals surface area contributed by atoms with Crippen LogP contribution in [0.25, 0.3) is 17.1 Å². The lowest BCUT2D eigenvalue weighted by Gasteiger charge is -2.26.